The highest BCUT2D eigenvalue weighted by Crippen LogP contribution is 2.42. The van der Waals surface area contributed by atoms with E-state index in [4.69, 9.17) is 5.26 Å². The summed E-state index contributed by atoms with van der Waals surface area (Å²) in [4.78, 5) is 14.8. The highest BCUT2D eigenvalue weighted by Gasteiger charge is 2.33. The molecule has 0 spiro atoms. The van der Waals surface area contributed by atoms with Gasteiger partial charge in [-0.15, -0.1) is 23.1 Å². The summed E-state index contributed by atoms with van der Waals surface area (Å²) in [6.07, 6.45) is 0.410. The maximum atomic E-state index is 11.7. The van der Waals surface area contributed by atoms with Crippen molar-refractivity contribution in [2.24, 2.45) is 0 Å². The molecule has 0 aliphatic carbocycles. The third-order valence-electron chi connectivity index (χ3n) is 2.56. The van der Waals surface area contributed by atoms with Crippen LogP contribution >= 0.6 is 23.1 Å². The maximum absolute atomic E-state index is 11.7. The van der Waals surface area contributed by atoms with Crippen molar-refractivity contribution in [3.05, 3.63) is 21.9 Å². The summed E-state index contributed by atoms with van der Waals surface area (Å²) in [5, 5.41) is 10.8. The van der Waals surface area contributed by atoms with Gasteiger partial charge in [-0.3, -0.25) is 4.79 Å². The summed E-state index contributed by atoms with van der Waals surface area (Å²) in [5.41, 5.74) is 1.24. The summed E-state index contributed by atoms with van der Waals surface area (Å²) < 4.78 is 0. The lowest BCUT2D eigenvalue weighted by Crippen LogP contribution is -2.28. The Balaban J connectivity index is 2.18. The van der Waals surface area contributed by atoms with Crippen LogP contribution in [0.25, 0.3) is 0 Å². The SMILES string of the molecule is Cc1ccsc1C1SCC(=O)N1CCC#N. The fourth-order valence-electron chi connectivity index (χ4n) is 1.72. The predicted octanol–water partition coefficient (Wildman–Crippen LogP) is 2.54. The Kier molecular flexibility index (Phi) is 3.52. The summed E-state index contributed by atoms with van der Waals surface area (Å²) >= 11 is 3.35. The highest BCUT2D eigenvalue weighted by atomic mass is 32.2. The lowest BCUT2D eigenvalue weighted by atomic mass is 10.2. The molecule has 0 N–H and O–H groups in total. The summed E-state index contributed by atoms with van der Waals surface area (Å²) in [6, 6.07) is 4.17. The molecule has 1 aromatic rings. The fraction of sp³-hybridized carbons (Fsp3) is 0.455. The van der Waals surface area contributed by atoms with Crippen LogP contribution in [0.1, 0.15) is 22.2 Å². The van der Waals surface area contributed by atoms with Crippen LogP contribution in [-0.4, -0.2) is 23.1 Å². The number of rotatable bonds is 3. The van der Waals surface area contributed by atoms with Crippen molar-refractivity contribution >= 4 is 29.0 Å². The molecule has 1 saturated heterocycles. The average molecular weight is 252 g/mol. The van der Waals surface area contributed by atoms with Gasteiger partial charge in [0, 0.05) is 11.4 Å². The first kappa shape index (κ1) is 11.5. The molecular weight excluding hydrogens is 240 g/mol. The van der Waals surface area contributed by atoms with Gasteiger partial charge < -0.3 is 4.90 Å². The van der Waals surface area contributed by atoms with Gasteiger partial charge in [0.2, 0.25) is 5.91 Å². The molecule has 1 aliphatic heterocycles. The number of nitriles is 1. The minimum absolute atomic E-state index is 0.126. The lowest BCUT2D eigenvalue weighted by Gasteiger charge is -2.22. The second kappa shape index (κ2) is 4.89. The molecule has 0 saturated carbocycles. The molecule has 1 aromatic heterocycles. The first-order valence-corrected chi connectivity index (χ1v) is 6.99. The van der Waals surface area contributed by atoms with E-state index in [1.54, 1.807) is 23.1 Å². The second-order valence-electron chi connectivity index (χ2n) is 3.63. The van der Waals surface area contributed by atoms with Crippen LogP contribution in [0.5, 0.6) is 0 Å². The number of carbonyl (C=O) groups excluding carboxylic acids is 1. The van der Waals surface area contributed by atoms with Gasteiger partial charge in [-0.05, 0) is 23.9 Å². The van der Waals surface area contributed by atoms with Crippen LogP contribution in [0.2, 0.25) is 0 Å². The third-order valence-corrected chi connectivity index (χ3v) is 5.00. The van der Waals surface area contributed by atoms with Crippen molar-refractivity contribution in [1.29, 1.82) is 5.26 Å². The Labute approximate surface area is 103 Å². The fourth-order valence-corrected chi connectivity index (χ4v) is 4.21. The van der Waals surface area contributed by atoms with Crippen LogP contribution in [0.15, 0.2) is 11.4 Å². The van der Waals surface area contributed by atoms with Crippen molar-refractivity contribution < 1.29 is 4.79 Å². The largest absolute Gasteiger partial charge is 0.324 e. The van der Waals surface area contributed by atoms with Gasteiger partial charge in [0.15, 0.2) is 0 Å². The van der Waals surface area contributed by atoms with Gasteiger partial charge in [-0.25, -0.2) is 0 Å². The number of nitrogens with zero attached hydrogens (tertiary/aromatic N) is 2. The first-order chi connectivity index (χ1) is 7.74. The highest BCUT2D eigenvalue weighted by molar-refractivity contribution is 8.00. The molecule has 1 fully saturated rings. The van der Waals surface area contributed by atoms with Crippen molar-refractivity contribution in [1.82, 2.24) is 4.90 Å². The molecule has 1 atom stereocenters. The third kappa shape index (κ3) is 2.08. The molecule has 1 amide bonds. The zero-order valence-corrected chi connectivity index (χ0v) is 10.6. The number of thioether (sulfide) groups is 1. The molecule has 2 rings (SSSR count). The average Bonchev–Trinajstić information content (AvgIpc) is 2.82. The van der Waals surface area contributed by atoms with E-state index in [2.05, 4.69) is 24.4 Å². The van der Waals surface area contributed by atoms with Gasteiger partial charge in [-0.2, -0.15) is 5.26 Å². The molecule has 0 radical (unpaired) electrons. The molecule has 16 heavy (non-hydrogen) atoms. The molecule has 84 valence electrons. The Hall–Kier alpha value is -0.990. The van der Waals surface area contributed by atoms with Gasteiger partial charge in [0.1, 0.15) is 5.37 Å². The second-order valence-corrected chi connectivity index (χ2v) is 5.64. The molecule has 3 nitrogen and oxygen atoms in total. The Bertz CT molecular complexity index is 435. The van der Waals surface area contributed by atoms with E-state index in [1.165, 1.54) is 10.4 Å². The molecule has 0 aromatic carbocycles. The minimum Gasteiger partial charge on any atom is -0.324 e. The zero-order valence-electron chi connectivity index (χ0n) is 8.97. The van der Waals surface area contributed by atoms with Crippen LogP contribution in [0.4, 0.5) is 0 Å². The molecular formula is C11H12N2OS2. The van der Waals surface area contributed by atoms with E-state index in [0.717, 1.165) is 0 Å². The Morgan fingerprint density at radius 1 is 1.69 bits per heavy atom. The summed E-state index contributed by atoms with van der Waals surface area (Å²) in [6.45, 7) is 2.61. The molecule has 2 heterocycles. The topological polar surface area (TPSA) is 44.1 Å². The number of aryl methyl sites for hydroxylation is 1. The monoisotopic (exact) mass is 252 g/mol. The molecule has 1 aliphatic rings. The predicted molar refractivity (Wildman–Crippen MR) is 66.2 cm³/mol. The van der Waals surface area contributed by atoms with Crippen molar-refractivity contribution in [2.45, 2.75) is 18.7 Å². The van der Waals surface area contributed by atoms with E-state index in [9.17, 15) is 4.79 Å². The standard InChI is InChI=1S/C11H12N2OS2/c1-8-3-6-15-10(8)11-13(5-2-4-12)9(14)7-16-11/h3,6,11H,2,5,7H2,1H3. The van der Waals surface area contributed by atoms with Crippen LogP contribution in [-0.2, 0) is 4.79 Å². The van der Waals surface area contributed by atoms with Gasteiger partial charge in [0.25, 0.3) is 0 Å². The first-order valence-electron chi connectivity index (χ1n) is 5.06. The molecule has 1 unspecified atom stereocenters. The normalized spacial score (nSPS) is 20.1. The zero-order chi connectivity index (χ0) is 11.5. The summed E-state index contributed by atoms with van der Waals surface area (Å²) in [5.74, 6) is 0.686. The van der Waals surface area contributed by atoms with Crippen molar-refractivity contribution in [2.75, 3.05) is 12.3 Å². The van der Waals surface area contributed by atoms with E-state index in [1.807, 2.05) is 4.90 Å². The van der Waals surface area contributed by atoms with Gasteiger partial charge >= 0.3 is 0 Å². The maximum Gasteiger partial charge on any atom is 0.233 e. The van der Waals surface area contributed by atoms with Crippen molar-refractivity contribution in [3.63, 3.8) is 0 Å². The number of hydrogen-bond donors (Lipinski definition) is 0. The van der Waals surface area contributed by atoms with Crippen LogP contribution in [0.3, 0.4) is 0 Å². The molecule has 5 heteroatoms. The molecule has 0 bridgehead atoms. The Morgan fingerprint density at radius 2 is 2.50 bits per heavy atom. The van der Waals surface area contributed by atoms with E-state index in [-0.39, 0.29) is 11.3 Å². The number of amides is 1. The smallest absolute Gasteiger partial charge is 0.233 e. The number of thiophene rings is 1. The van der Waals surface area contributed by atoms with Crippen LogP contribution in [0, 0.1) is 18.3 Å². The van der Waals surface area contributed by atoms with E-state index in [0.29, 0.717) is 18.7 Å². The Morgan fingerprint density at radius 3 is 3.12 bits per heavy atom. The number of hydrogen-bond acceptors (Lipinski definition) is 4. The van der Waals surface area contributed by atoms with Gasteiger partial charge in [-0.1, -0.05) is 0 Å². The van der Waals surface area contributed by atoms with E-state index < -0.39 is 0 Å². The van der Waals surface area contributed by atoms with E-state index >= 15 is 0 Å². The number of carbonyl (C=O) groups is 1. The van der Waals surface area contributed by atoms with Gasteiger partial charge in [0.05, 0.1) is 18.2 Å². The quantitative estimate of drug-likeness (QED) is 0.830. The summed E-state index contributed by atoms with van der Waals surface area (Å²) in [7, 11) is 0. The van der Waals surface area contributed by atoms with Crippen LogP contribution < -0.4 is 0 Å². The minimum atomic E-state index is 0.126. The lowest BCUT2D eigenvalue weighted by molar-refractivity contribution is -0.127. The van der Waals surface area contributed by atoms with Crippen molar-refractivity contribution in [3.8, 4) is 6.07 Å².